The van der Waals surface area contributed by atoms with E-state index in [0.717, 1.165) is 66.3 Å². The van der Waals surface area contributed by atoms with Crippen molar-refractivity contribution in [2.45, 2.75) is 13.3 Å². The second kappa shape index (κ2) is 7.50. The number of aromatic nitrogens is 4. The van der Waals surface area contributed by atoms with E-state index < -0.39 is 0 Å². The largest absolute Gasteiger partial charge is 0.355 e. The van der Waals surface area contributed by atoms with Gasteiger partial charge in [-0.25, -0.2) is 15.0 Å². The molecule has 1 aromatic carbocycles. The summed E-state index contributed by atoms with van der Waals surface area (Å²) in [5, 5.41) is 7.49. The van der Waals surface area contributed by atoms with Gasteiger partial charge in [0.15, 0.2) is 11.5 Å². The van der Waals surface area contributed by atoms with Crippen LogP contribution in [-0.4, -0.2) is 45.5 Å². The third-order valence-corrected chi connectivity index (χ3v) is 5.63. The monoisotopic (exact) mass is 407 g/mol. The Balaban J connectivity index is 1.60. The first-order chi connectivity index (χ1) is 14.2. The predicted octanol–water partition coefficient (Wildman–Crippen LogP) is 3.78. The van der Waals surface area contributed by atoms with Crippen LogP contribution in [-0.2, 0) is 0 Å². The molecule has 5 rings (SSSR count). The van der Waals surface area contributed by atoms with E-state index in [1.54, 1.807) is 12.5 Å². The zero-order valence-corrected chi connectivity index (χ0v) is 16.9. The molecule has 4 heterocycles. The fourth-order valence-corrected chi connectivity index (χ4v) is 4.03. The second-order valence-electron chi connectivity index (χ2n) is 7.27. The first kappa shape index (κ1) is 18.1. The zero-order valence-electron chi connectivity index (χ0n) is 16.2. The van der Waals surface area contributed by atoms with Gasteiger partial charge in [-0.15, -0.1) is 0 Å². The number of imidazole rings is 1. The number of benzene rings is 1. The molecule has 0 bridgehead atoms. The van der Waals surface area contributed by atoms with Crippen molar-refractivity contribution >= 4 is 45.6 Å². The summed E-state index contributed by atoms with van der Waals surface area (Å²) < 4.78 is 1.98. The van der Waals surface area contributed by atoms with Crippen LogP contribution in [0.4, 0.5) is 17.3 Å². The summed E-state index contributed by atoms with van der Waals surface area (Å²) >= 11 is 6.41. The Morgan fingerprint density at radius 2 is 2.03 bits per heavy atom. The summed E-state index contributed by atoms with van der Waals surface area (Å²) in [4.78, 5) is 16.4. The fourth-order valence-electron chi connectivity index (χ4n) is 3.76. The lowest BCUT2D eigenvalue weighted by Crippen LogP contribution is -2.28. The number of nitrogens with one attached hydrogen (secondary N) is 2. The molecule has 1 aliphatic heterocycles. The average Bonchev–Trinajstić information content (AvgIpc) is 3.07. The van der Waals surface area contributed by atoms with E-state index in [0.29, 0.717) is 10.8 Å². The van der Waals surface area contributed by atoms with Crippen LogP contribution >= 0.6 is 11.6 Å². The number of para-hydroxylation sites is 1. The van der Waals surface area contributed by atoms with Crippen LogP contribution in [0.2, 0.25) is 5.02 Å². The van der Waals surface area contributed by atoms with E-state index >= 15 is 0 Å². The van der Waals surface area contributed by atoms with E-state index in [1.807, 2.05) is 41.7 Å². The van der Waals surface area contributed by atoms with Gasteiger partial charge in [0.05, 0.1) is 16.9 Å². The minimum absolute atomic E-state index is 0.660. The maximum atomic E-state index is 6.41. The minimum atomic E-state index is 0.660. The molecule has 0 unspecified atom stereocenters. The van der Waals surface area contributed by atoms with Gasteiger partial charge in [-0.3, -0.25) is 4.40 Å². The minimum Gasteiger partial charge on any atom is -0.355 e. The molecule has 3 aromatic heterocycles. The third-order valence-electron chi connectivity index (χ3n) is 5.31. The van der Waals surface area contributed by atoms with Crippen molar-refractivity contribution in [2.75, 3.05) is 36.4 Å². The first-order valence-electron chi connectivity index (χ1n) is 9.81. The van der Waals surface area contributed by atoms with Crippen molar-refractivity contribution < 1.29 is 0 Å². The molecule has 1 fully saturated rings. The van der Waals surface area contributed by atoms with Gasteiger partial charge in [0.25, 0.3) is 0 Å². The summed E-state index contributed by atoms with van der Waals surface area (Å²) in [5.74, 6) is 1.68. The van der Waals surface area contributed by atoms with E-state index in [9.17, 15) is 0 Å². The lowest BCUT2D eigenvalue weighted by molar-refractivity contribution is 0.724. The molecule has 2 N–H and O–H groups in total. The maximum absolute atomic E-state index is 6.41. The molecule has 0 saturated carbocycles. The lowest BCUT2D eigenvalue weighted by atomic mass is 10.2. The van der Waals surface area contributed by atoms with Crippen LogP contribution in [0.3, 0.4) is 0 Å². The fraction of sp³-hybridized carbons (Fsp3) is 0.286. The topological polar surface area (TPSA) is 70.4 Å². The van der Waals surface area contributed by atoms with Crippen molar-refractivity contribution in [1.82, 2.24) is 24.7 Å². The summed E-state index contributed by atoms with van der Waals surface area (Å²) in [6.45, 7) is 5.99. The van der Waals surface area contributed by atoms with E-state index in [2.05, 4.69) is 20.5 Å². The molecule has 0 spiro atoms. The Morgan fingerprint density at radius 3 is 2.93 bits per heavy atom. The van der Waals surface area contributed by atoms with Gasteiger partial charge in [-0.2, -0.15) is 0 Å². The lowest BCUT2D eigenvalue weighted by Gasteiger charge is -2.21. The van der Waals surface area contributed by atoms with Gasteiger partial charge < -0.3 is 15.5 Å². The Morgan fingerprint density at radius 1 is 1.10 bits per heavy atom. The van der Waals surface area contributed by atoms with Crippen molar-refractivity contribution in [2.24, 2.45) is 0 Å². The summed E-state index contributed by atoms with van der Waals surface area (Å²) in [7, 11) is 0. The molecule has 0 amide bonds. The van der Waals surface area contributed by atoms with Crippen LogP contribution in [0.5, 0.6) is 0 Å². The summed E-state index contributed by atoms with van der Waals surface area (Å²) in [6.07, 6.45) is 4.69. The zero-order chi connectivity index (χ0) is 19.8. The molecule has 148 valence electrons. The highest BCUT2D eigenvalue weighted by Gasteiger charge is 2.16. The van der Waals surface area contributed by atoms with Crippen LogP contribution in [0.15, 0.2) is 42.9 Å². The maximum Gasteiger partial charge on any atom is 0.166 e. The summed E-state index contributed by atoms with van der Waals surface area (Å²) in [5.41, 5.74) is 4.37. The van der Waals surface area contributed by atoms with Gasteiger partial charge in [-0.05, 0) is 43.7 Å². The number of hydrogen-bond acceptors (Lipinski definition) is 6. The number of pyridine rings is 1. The molecular formula is C21H22ClN7. The number of halogens is 1. The van der Waals surface area contributed by atoms with Crippen molar-refractivity contribution in [1.29, 1.82) is 0 Å². The molecule has 4 aromatic rings. The number of nitrogens with zero attached hydrogens (tertiary/aromatic N) is 5. The van der Waals surface area contributed by atoms with E-state index in [-0.39, 0.29) is 0 Å². The van der Waals surface area contributed by atoms with Gasteiger partial charge in [0.1, 0.15) is 23.2 Å². The Bertz CT molecular complexity index is 1160. The van der Waals surface area contributed by atoms with Crippen molar-refractivity contribution in [3.63, 3.8) is 0 Å². The predicted molar refractivity (Wildman–Crippen MR) is 117 cm³/mol. The molecular weight excluding hydrogens is 386 g/mol. The normalized spacial score (nSPS) is 15.0. The highest BCUT2D eigenvalue weighted by atomic mass is 35.5. The Labute approximate surface area is 173 Å². The molecule has 0 atom stereocenters. The van der Waals surface area contributed by atoms with Gasteiger partial charge >= 0.3 is 0 Å². The highest BCUT2D eigenvalue weighted by Crippen LogP contribution is 2.31. The molecule has 29 heavy (non-hydrogen) atoms. The molecule has 7 nitrogen and oxygen atoms in total. The van der Waals surface area contributed by atoms with Gasteiger partial charge in [0, 0.05) is 19.6 Å². The Hall–Kier alpha value is -2.90. The highest BCUT2D eigenvalue weighted by molar-refractivity contribution is 6.33. The van der Waals surface area contributed by atoms with Crippen LogP contribution in [0.1, 0.15) is 12.0 Å². The van der Waals surface area contributed by atoms with Crippen LogP contribution in [0, 0.1) is 6.92 Å². The van der Waals surface area contributed by atoms with E-state index in [4.69, 9.17) is 21.6 Å². The smallest absolute Gasteiger partial charge is 0.166 e. The quantitative estimate of drug-likeness (QED) is 0.538. The average molecular weight is 408 g/mol. The molecule has 1 saturated heterocycles. The van der Waals surface area contributed by atoms with Gasteiger partial charge in [0.2, 0.25) is 0 Å². The first-order valence-corrected chi connectivity index (χ1v) is 10.2. The van der Waals surface area contributed by atoms with Crippen LogP contribution < -0.4 is 15.5 Å². The van der Waals surface area contributed by atoms with Crippen molar-refractivity contribution in [3.05, 3.63) is 53.4 Å². The number of anilines is 3. The number of hydrogen-bond donors (Lipinski definition) is 2. The summed E-state index contributed by atoms with van der Waals surface area (Å²) in [6, 6.07) is 9.91. The molecule has 0 radical (unpaired) electrons. The van der Waals surface area contributed by atoms with Crippen molar-refractivity contribution in [3.8, 4) is 0 Å². The number of fused-ring (bicyclic) bond motifs is 3. The van der Waals surface area contributed by atoms with Gasteiger partial charge in [-0.1, -0.05) is 23.7 Å². The number of aryl methyl sites for hydroxylation is 1. The second-order valence-corrected chi connectivity index (χ2v) is 7.68. The molecule has 1 aliphatic rings. The molecule has 8 heteroatoms. The SMILES string of the molecule is Cc1cccc(Cl)c1Nc1nc2ccc(N3CCCNCC3)nc2n2cncc12. The standard InChI is InChI=1S/C21H22ClN7/c1-14-4-2-5-15(22)19(14)27-20-17-12-24-13-29(17)21-16(25-20)6-7-18(26-21)28-10-3-8-23-9-11-28/h2,4-7,12-13,23H,3,8-11H2,1H3,(H,25,27). The third kappa shape index (κ3) is 3.36. The number of rotatable bonds is 3. The molecule has 0 aliphatic carbocycles. The Kier molecular flexibility index (Phi) is 4.69. The van der Waals surface area contributed by atoms with Crippen LogP contribution in [0.25, 0.3) is 16.7 Å². The van der Waals surface area contributed by atoms with E-state index in [1.165, 1.54) is 0 Å².